The van der Waals surface area contributed by atoms with E-state index in [2.05, 4.69) is 18.7 Å². The Labute approximate surface area is 176 Å². The average Bonchev–Trinajstić information content (AvgIpc) is 3.38. The Kier molecular flexibility index (Phi) is 6.95. The number of ketones is 1. The molecule has 1 aliphatic heterocycles. The number of rotatable bonds is 9. The maximum Gasteiger partial charge on any atom is 0.295 e. The van der Waals surface area contributed by atoms with E-state index in [9.17, 15) is 14.7 Å². The van der Waals surface area contributed by atoms with Gasteiger partial charge in [-0.25, -0.2) is 0 Å². The standard InChI is InChI=1S/C23H28N2O5/c1-4-24(5-2)13-7-14-25-20(18-8-6-15-30-18)19(22(27)23(25)28)21(26)16-9-11-17(29-3)12-10-16/h6,8-12,15,20,26H,4-5,7,13-14H2,1-3H3/t20-/m1/s1. The number of benzene rings is 1. The number of hydrogen-bond acceptors (Lipinski definition) is 6. The second-order valence-electron chi connectivity index (χ2n) is 7.12. The lowest BCUT2D eigenvalue weighted by Crippen LogP contribution is -2.33. The predicted octanol–water partition coefficient (Wildman–Crippen LogP) is 3.44. The third-order valence-corrected chi connectivity index (χ3v) is 5.48. The molecule has 1 aromatic carbocycles. The average molecular weight is 412 g/mol. The molecule has 2 aromatic rings. The number of hydrogen-bond donors (Lipinski definition) is 1. The van der Waals surface area contributed by atoms with Crippen LogP contribution in [-0.2, 0) is 9.59 Å². The van der Waals surface area contributed by atoms with E-state index in [0.717, 1.165) is 19.6 Å². The van der Waals surface area contributed by atoms with Gasteiger partial charge in [0.1, 0.15) is 23.3 Å². The van der Waals surface area contributed by atoms with Crippen molar-refractivity contribution in [2.45, 2.75) is 26.3 Å². The van der Waals surface area contributed by atoms with Crippen LogP contribution in [0.4, 0.5) is 0 Å². The predicted molar refractivity (Wildman–Crippen MR) is 113 cm³/mol. The summed E-state index contributed by atoms with van der Waals surface area (Å²) in [5, 5.41) is 10.9. The van der Waals surface area contributed by atoms with Crippen molar-refractivity contribution in [1.82, 2.24) is 9.80 Å². The minimum atomic E-state index is -0.751. The largest absolute Gasteiger partial charge is 0.507 e. The van der Waals surface area contributed by atoms with Gasteiger partial charge in [0.05, 0.1) is 18.9 Å². The van der Waals surface area contributed by atoms with Crippen LogP contribution in [0.25, 0.3) is 5.76 Å². The molecule has 1 atom stereocenters. The zero-order valence-electron chi connectivity index (χ0n) is 17.6. The molecule has 2 heterocycles. The van der Waals surface area contributed by atoms with Gasteiger partial charge in [0.25, 0.3) is 11.7 Å². The Balaban J connectivity index is 1.95. The molecule has 0 saturated carbocycles. The molecule has 7 heteroatoms. The topological polar surface area (TPSA) is 83.2 Å². The Morgan fingerprint density at radius 3 is 2.43 bits per heavy atom. The Bertz CT molecular complexity index is 898. The van der Waals surface area contributed by atoms with Crippen molar-refractivity contribution < 1.29 is 23.8 Å². The van der Waals surface area contributed by atoms with Gasteiger partial charge < -0.3 is 24.1 Å². The Morgan fingerprint density at radius 1 is 1.17 bits per heavy atom. The van der Waals surface area contributed by atoms with Crippen molar-refractivity contribution >= 4 is 17.4 Å². The molecular formula is C23H28N2O5. The van der Waals surface area contributed by atoms with E-state index in [1.54, 1.807) is 43.5 Å². The lowest BCUT2D eigenvalue weighted by atomic mass is 9.99. The molecule has 1 amide bonds. The number of aliphatic hydroxyl groups is 1. The summed E-state index contributed by atoms with van der Waals surface area (Å²) in [5.74, 6) is -0.458. The van der Waals surface area contributed by atoms with E-state index in [-0.39, 0.29) is 11.3 Å². The Morgan fingerprint density at radius 2 is 1.87 bits per heavy atom. The number of carbonyl (C=O) groups is 2. The number of methoxy groups -OCH3 is 1. The third-order valence-electron chi connectivity index (χ3n) is 5.48. The first-order chi connectivity index (χ1) is 14.5. The summed E-state index contributed by atoms with van der Waals surface area (Å²) in [6.07, 6.45) is 2.22. The van der Waals surface area contributed by atoms with Gasteiger partial charge in [-0.15, -0.1) is 0 Å². The van der Waals surface area contributed by atoms with Crippen LogP contribution in [-0.4, -0.2) is 59.9 Å². The van der Waals surface area contributed by atoms with E-state index in [4.69, 9.17) is 9.15 Å². The summed E-state index contributed by atoms with van der Waals surface area (Å²) in [7, 11) is 1.55. The van der Waals surface area contributed by atoms with E-state index < -0.39 is 17.7 Å². The molecule has 1 aromatic heterocycles. The van der Waals surface area contributed by atoms with Crippen LogP contribution in [0.15, 0.2) is 52.7 Å². The van der Waals surface area contributed by atoms with E-state index >= 15 is 0 Å². The maximum absolute atomic E-state index is 12.9. The fourth-order valence-electron chi connectivity index (χ4n) is 3.76. The molecule has 1 N–H and O–H groups in total. The monoisotopic (exact) mass is 412 g/mol. The number of amides is 1. The van der Waals surface area contributed by atoms with Gasteiger partial charge in [-0.2, -0.15) is 0 Å². The molecule has 7 nitrogen and oxygen atoms in total. The summed E-state index contributed by atoms with van der Waals surface area (Å²) in [5.41, 5.74) is 0.483. The second kappa shape index (κ2) is 9.63. The lowest BCUT2D eigenvalue weighted by Gasteiger charge is -2.25. The summed E-state index contributed by atoms with van der Waals surface area (Å²) in [6.45, 7) is 7.24. The van der Waals surface area contributed by atoms with Crippen LogP contribution < -0.4 is 4.74 Å². The second-order valence-corrected chi connectivity index (χ2v) is 7.12. The maximum atomic E-state index is 12.9. The van der Waals surface area contributed by atoms with Crippen molar-refractivity contribution in [2.24, 2.45) is 0 Å². The minimum Gasteiger partial charge on any atom is -0.507 e. The number of nitrogens with zero attached hydrogens (tertiary/aromatic N) is 2. The fraction of sp³-hybridized carbons (Fsp3) is 0.391. The minimum absolute atomic E-state index is 0.0444. The molecule has 3 rings (SSSR count). The highest BCUT2D eigenvalue weighted by atomic mass is 16.5. The number of Topliss-reactive ketones (excluding diaryl/α,β-unsaturated/α-hetero) is 1. The van der Waals surface area contributed by atoms with E-state index in [0.29, 0.717) is 30.0 Å². The molecule has 0 aliphatic carbocycles. The molecular weight excluding hydrogens is 384 g/mol. The van der Waals surface area contributed by atoms with E-state index in [1.165, 1.54) is 11.2 Å². The van der Waals surface area contributed by atoms with Crippen LogP contribution in [0, 0.1) is 0 Å². The summed E-state index contributed by atoms with van der Waals surface area (Å²) < 4.78 is 10.7. The van der Waals surface area contributed by atoms with Crippen molar-refractivity contribution in [3.05, 3.63) is 59.6 Å². The van der Waals surface area contributed by atoms with Crippen LogP contribution in [0.2, 0.25) is 0 Å². The van der Waals surface area contributed by atoms with Crippen molar-refractivity contribution in [2.75, 3.05) is 33.3 Å². The van der Waals surface area contributed by atoms with Gasteiger partial charge in [0, 0.05) is 12.1 Å². The first-order valence-electron chi connectivity index (χ1n) is 10.2. The van der Waals surface area contributed by atoms with Crippen LogP contribution in [0.3, 0.4) is 0 Å². The highest BCUT2D eigenvalue weighted by molar-refractivity contribution is 6.46. The molecule has 0 spiro atoms. The molecule has 0 bridgehead atoms. The normalized spacial score (nSPS) is 18.4. The van der Waals surface area contributed by atoms with Gasteiger partial charge >= 0.3 is 0 Å². The summed E-state index contributed by atoms with van der Waals surface area (Å²) in [4.78, 5) is 29.5. The highest BCUT2D eigenvalue weighted by Crippen LogP contribution is 2.39. The molecule has 0 radical (unpaired) electrons. The van der Waals surface area contributed by atoms with Gasteiger partial charge in [-0.3, -0.25) is 9.59 Å². The van der Waals surface area contributed by atoms with Crippen molar-refractivity contribution in [1.29, 1.82) is 0 Å². The molecule has 1 aliphatic rings. The van der Waals surface area contributed by atoms with Crippen LogP contribution in [0.5, 0.6) is 5.75 Å². The van der Waals surface area contributed by atoms with Gasteiger partial charge in [0.2, 0.25) is 0 Å². The van der Waals surface area contributed by atoms with Crippen molar-refractivity contribution in [3.63, 3.8) is 0 Å². The zero-order chi connectivity index (χ0) is 21.7. The smallest absolute Gasteiger partial charge is 0.295 e. The number of aliphatic hydroxyl groups excluding tert-OH is 1. The summed E-state index contributed by atoms with van der Waals surface area (Å²) >= 11 is 0. The zero-order valence-corrected chi connectivity index (χ0v) is 17.6. The number of likely N-dealkylation sites (tertiary alicyclic amines) is 1. The van der Waals surface area contributed by atoms with Gasteiger partial charge in [-0.05, 0) is 62.5 Å². The number of ether oxygens (including phenoxy) is 1. The van der Waals surface area contributed by atoms with Gasteiger partial charge in [-0.1, -0.05) is 13.8 Å². The molecule has 160 valence electrons. The van der Waals surface area contributed by atoms with Crippen molar-refractivity contribution in [3.8, 4) is 5.75 Å². The quantitative estimate of drug-likeness (QED) is 0.386. The molecule has 1 saturated heterocycles. The number of furan rings is 1. The fourth-order valence-corrected chi connectivity index (χ4v) is 3.76. The van der Waals surface area contributed by atoms with E-state index in [1.807, 2.05) is 0 Å². The molecule has 1 fully saturated rings. The SMILES string of the molecule is CCN(CC)CCCN1C(=O)C(=O)C(=C(O)c2ccc(OC)cc2)[C@H]1c1ccco1. The first kappa shape index (κ1) is 21.6. The van der Waals surface area contributed by atoms with Gasteiger partial charge in [0.15, 0.2) is 0 Å². The molecule has 0 unspecified atom stereocenters. The van der Waals surface area contributed by atoms with Crippen LogP contribution in [0.1, 0.15) is 37.6 Å². The summed E-state index contributed by atoms with van der Waals surface area (Å²) in [6, 6.07) is 9.36. The third kappa shape index (κ3) is 4.26. The highest BCUT2D eigenvalue weighted by Gasteiger charge is 2.47. The first-order valence-corrected chi connectivity index (χ1v) is 10.2. The Hall–Kier alpha value is -3.06. The molecule has 30 heavy (non-hydrogen) atoms. The number of carbonyl (C=O) groups excluding carboxylic acids is 2. The van der Waals surface area contributed by atoms with Crippen LogP contribution >= 0.6 is 0 Å². The lowest BCUT2D eigenvalue weighted by molar-refractivity contribution is -0.140.